The number of hydrogen-bond acceptors (Lipinski definition) is 4. The van der Waals surface area contributed by atoms with Crippen molar-refractivity contribution in [1.82, 2.24) is 4.31 Å². The summed E-state index contributed by atoms with van der Waals surface area (Å²) in [5.41, 5.74) is -0.407. The summed E-state index contributed by atoms with van der Waals surface area (Å²) in [5.74, 6) is -0.839. The van der Waals surface area contributed by atoms with Gasteiger partial charge in [-0.3, -0.25) is 4.79 Å². The van der Waals surface area contributed by atoms with Crippen LogP contribution in [0.4, 0.5) is 0 Å². The highest BCUT2D eigenvalue weighted by atomic mass is 32.2. The van der Waals surface area contributed by atoms with Gasteiger partial charge in [0.1, 0.15) is 0 Å². The van der Waals surface area contributed by atoms with Crippen LogP contribution in [0.5, 0.6) is 0 Å². The second kappa shape index (κ2) is 5.95. The zero-order valence-electron chi connectivity index (χ0n) is 15.5. The molecule has 1 saturated heterocycles. The van der Waals surface area contributed by atoms with Gasteiger partial charge in [0.05, 0.1) is 23.8 Å². The molecule has 0 aromatic rings. The molecule has 3 aliphatic rings. The molecule has 25 heavy (non-hydrogen) atoms. The topological polar surface area (TPSA) is 74.7 Å². The Morgan fingerprint density at radius 1 is 1.24 bits per heavy atom. The first-order valence-corrected chi connectivity index (χ1v) is 10.7. The van der Waals surface area contributed by atoms with Crippen LogP contribution < -0.4 is 0 Å². The molecule has 2 aliphatic carbocycles. The van der Waals surface area contributed by atoms with Crippen LogP contribution in [0.25, 0.3) is 0 Å². The number of amides is 1. The van der Waals surface area contributed by atoms with E-state index in [2.05, 4.69) is 13.8 Å². The number of hydrogen-bond donors (Lipinski definition) is 1. The lowest BCUT2D eigenvalue weighted by atomic mass is 9.69. The maximum absolute atomic E-state index is 13.2. The summed E-state index contributed by atoms with van der Waals surface area (Å²) >= 11 is 0. The second-order valence-corrected chi connectivity index (χ2v) is 10.2. The van der Waals surface area contributed by atoms with Gasteiger partial charge in [0.25, 0.3) is 0 Å². The largest absolute Gasteiger partial charge is 0.388 e. The van der Waals surface area contributed by atoms with Gasteiger partial charge >= 0.3 is 0 Å². The number of allylic oxidation sites excluding steroid dienone is 2. The minimum atomic E-state index is -3.66. The van der Waals surface area contributed by atoms with E-state index < -0.39 is 28.0 Å². The van der Waals surface area contributed by atoms with Crippen LogP contribution in [-0.2, 0) is 14.8 Å². The number of carbonyl (C=O) groups is 1. The molecule has 0 aromatic heterocycles. The Balaban J connectivity index is 2.00. The summed E-state index contributed by atoms with van der Waals surface area (Å²) in [7, 11) is -3.66. The smallest absolute Gasteiger partial charge is 0.246 e. The molecule has 2 bridgehead atoms. The van der Waals surface area contributed by atoms with Gasteiger partial charge in [-0.2, -0.15) is 0 Å². The van der Waals surface area contributed by atoms with E-state index in [1.807, 2.05) is 0 Å². The highest BCUT2D eigenvalue weighted by Crippen LogP contribution is 2.70. The van der Waals surface area contributed by atoms with Crippen molar-refractivity contribution < 1.29 is 18.3 Å². The van der Waals surface area contributed by atoms with Crippen molar-refractivity contribution in [2.45, 2.75) is 59.1 Å². The van der Waals surface area contributed by atoms with Crippen LogP contribution >= 0.6 is 0 Å². The lowest BCUT2D eigenvalue weighted by Crippen LogP contribution is -2.47. The fourth-order valence-electron chi connectivity index (χ4n) is 5.59. The van der Waals surface area contributed by atoms with Gasteiger partial charge in [-0.05, 0) is 44.4 Å². The molecule has 1 amide bonds. The molecule has 1 spiro atoms. The van der Waals surface area contributed by atoms with Gasteiger partial charge in [0.2, 0.25) is 15.9 Å². The molecule has 5 nitrogen and oxygen atoms in total. The molecule has 1 aliphatic heterocycles. The molecule has 0 unspecified atom stereocenters. The number of rotatable bonds is 4. The van der Waals surface area contributed by atoms with Crippen LogP contribution in [0.3, 0.4) is 0 Å². The molecule has 1 heterocycles. The normalized spacial score (nSPS) is 37.7. The Bertz CT molecular complexity index is 724. The van der Waals surface area contributed by atoms with Crippen LogP contribution in [0.15, 0.2) is 24.3 Å². The number of aliphatic hydroxyl groups is 1. The van der Waals surface area contributed by atoms with E-state index in [1.165, 1.54) is 6.08 Å². The summed E-state index contributed by atoms with van der Waals surface area (Å²) in [4.78, 5) is 13.2. The van der Waals surface area contributed by atoms with Crippen molar-refractivity contribution in [3.8, 4) is 0 Å². The average molecular weight is 368 g/mol. The molecule has 2 saturated carbocycles. The molecule has 0 aromatic carbocycles. The highest BCUT2D eigenvalue weighted by Gasteiger charge is 2.72. The average Bonchev–Trinajstić information content (AvgIpc) is 2.99. The summed E-state index contributed by atoms with van der Waals surface area (Å²) in [6, 6.07) is -0.260. The Hall–Kier alpha value is -1.14. The maximum Gasteiger partial charge on any atom is 0.246 e. The van der Waals surface area contributed by atoms with E-state index in [9.17, 15) is 18.3 Å². The van der Waals surface area contributed by atoms with Crippen molar-refractivity contribution in [3.05, 3.63) is 24.3 Å². The van der Waals surface area contributed by atoms with E-state index in [1.54, 1.807) is 32.1 Å². The number of nitrogens with zero attached hydrogens (tertiary/aromatic N) is 1. The second-order valence-electron chi connectivity index (χ2n) is 8.32. The van der Waals surface area contributed by atoms with Crippen LogP contribution in [0.2, 0.25) is 0 Å². The van der Waals surface area contributed by atoms with Gasteiger partial charge in [-0.1, -0.05) is 38.2 Å². The van der Waals surface area contributed by atoms with Crippen molar-refractivity contribution >= 4 is 15.9 Å². The molecular weight excluding hydrogens is 338 g/mol. The van der Waals surface area contributed by atoms with Gasteiger partial charge in [0, 0.05) is 5.41 Å². The standard InChI is InChI=1S/C19H29NO4S/c1-5-7-14(15(21)8-6-2)17(22)20-16-11-13-9-10-19(16,18(13,3)4)12-25(20,23)24/h5-8,13-16,21H,9-12H2,1-4H3/b7-5+,8-6+/t13-,14-,15+,16-,19-/m1/s1. The fourth-order valence-corrected chi connectivity index (χ4v) is 8.16. The highest BCUT2D eigenvalue weighted by molar-refractivity contribution is 7.90. The zero-order chi connectivity index (χ0) is 18.6. The number of aliphatic hydroxyl groups excluding tert-OH is 1. The first-order chi connectivity index (χ1) is 11.6. The van der Waals surface area contributed by atoms with Crippen LogP contribution in [0, 0.1) is 22.7 Å². The molecule has 0 radical (unpaired) electrons. The molecule has 3 rings (SSSR count). The number of fused-ring (bicyclic) bond motifs is 1. The van der Waals surface area contributed by atoms with Gasteiger partial charge in [-0.25, -0.2) is 12.7 Å². The molecule has 1 N–H and O–H groups in total. The lowest BCUT2D eigenvalue weighted by Gasteiger charge is -2.37. The Morgan fingerprint density at radius 3 is 2.44 bits per heavy atom. The number of carbonyl (C=O) groups excluding carboxylic acids is 1. The van der Waals surface area contributed by atoms with Crippen molar-refractivity contribution in [3.63, 3.8) is 0 Å². The predicted octanol–water partition coefficient (Wildman–Crippen LogP) is 2.48. The summed E-state index contributed by atoms with van der Waals surface area (Å²) in [6.07, 6.45) is 8.14. The molecular formula is C19H29NO4S. The van der Waals surface area contributed by atoms with Crippen molar-refractivity contribution in [2.75, 3.05) is 5.75 Å². The molecule has 6 heteroatoms. The lowest BCUT2D eigenvalue weighted by molar-refractivity contribution is -0.134. The summed E-state index contributed by atoms with van der Waals surface area (Å²) in [6.45, 7) is 7.85. The van der Waals surface area contributed by atoms with Crippen LogP contribution in [0.1, 0.15) is 47.0 Å². The third kappa shape index (κ3) is 2.44. The van der Waals surface area contributed by atoms with Gasteiger partial charge in [-0.15, -0.1) is 0 Å². The third-order valence-electron chi connectivity index (χ3n) is 7.07. The molecule has 140 valence electrons. The molecule has 3 fully saturated rings. The molecule has 5 atom stereocenters. The van der Waals surface area contributed by atoms with Gasteiger partial charge in [0.15, 0.2) is 0 Å². The van der Waals surface area contributed by atoms with E-state index in [0.29, 0.717) is 5.92 Å². The van der Waals surface area contributed by atoms with E-state index >= 15 is 0 Å². The minimum Gasteiger partial charge on any atom is -0.388 e. The minimum absolute atomic E-state index is 0.0577. The van der Waals surface area contributed by atoms with Crippen molar-refractivity contribution in [2.24, 2.45) is 22.7 Å². The monoisotopic (exact) mass is 367 g/mol. The number of sulfonamides is 1. The first-order valence-electron chi connectivity index (χ1n) is 9.12. The maximum atomic E-state index is 13.2. The fraction of sp³-hybridized carbons (Fsp3) is 0.737. The quantitative estimate of drug-likeness (QED) is 0.775. The van der Waals surface area contributed by atoms with Crippen LogP contribution in [-0.4, -0.2) is 41.6 Å². The van der Waals surface area contributed by atoms with E-state index in [-0.39, 0.29) is 22.6 Å². The first kappa shape index (κ1) is 18.6. The van der Waals surface area contributed by atoms with Gasteiger partial charge < -0.3 is 5.11 Å². The summed E-state index contributed by atoms with van der Waals surface area (Å²) < 4.78 is 27.1. The Morgan fingerprint density at radius 2 is 1.88 bits per heavy atom. The van der Waals surface area contributed by atoms with E-state index in [4.69, 9.17) is 0 Å². The predicted molar refractivity (Wildman–Crippen MR) is 97.1 cm³/mol. The SMILES string of the molecule is C/C=C/[C@H](O)[C@@H](/C=C/C)C(=O)N1[C@@H]2C[C@H]3CC[C@]2(CS1(=O)=O)C3(C)C. The van der Waals surface area contributed by atoms with Crippen molar-refractivity contribution in [1.29, 1.82) is 0 Å². The summed E-state index contributed by atoms with van der Waals surface area (Å²) in [5, 5.41) is 10.3. The Kier molecular flexibility index (Phi) is 4.44. The third-order valence-corrected chi connectivity index (χ3v) is 8.98. The zero-order valence-corrected chi connectivity index (χ0v) is 16.3. The Labute approximate surface area is 150 Å². The van der Waals surface area contributed by atoms with E-state index in [0.717, 1.165) is 23.6 Å².